The fraction of sp³-hybridized carbons (Fsp3) is 0.562. The van der Waals surface area contributed by atoms with Gasteiger partial charge in [0.1, 0.15) is 0 Å². The Bertz CT molecular complexity index is 503. The molecule has 1 aliphatic rings. The molecule has 0 aromatic heterocycles. The first kappa shape index (κ1) is 15.8. The summed E-state index contributed by atoms with van der Waals surface area (Å²) in [5.41, 5.74) is 8.55. The van der Waals surface area contributed by atoms with Crippen LogP contribution in [-0.4, -0.2) is 43.7 Å². The van der Waals surface area contributed by atoms with Gasteiger partial charge in [-0.05, 0) is 23.1 Å². The van der Waals surface area contributed by atoms with Crippen molar-refractivity contribution in [3.8, 4) is 0 Å². The van der Waals surface area contributed by atoms with Crippen molar-refractivity contribution in [1.82, 2.24) is 4.90 Å². The number of carbonyl (C=O) groups excluding carboxylic acids is 1. The first-order chi connectivity index (χ1) is 9.86. The minimum atomic E-state index is -0.0351. The Morgan fingerprint density at radius 3 is 2.57 bits per heavy atom. The Morgan fingerprint density at radius 1 is 1.33 bits per heavy atom. The lowest BCUT2D eigenvalue weighted by atomic mass is 9.86. The molecule has 1 aromatic carbocycles. The number of morpholine rings is 1. The number of anilines is 2. The van der Waals surface area contributed by atoms with Crippen molar-refractivity contribution in [2.75, 3.05) is 43.9 Å². The highest BCUT2D eigenvalue weighted by atomic mass is 16.5. The maximum atomic E-state index is 12.1. The predicted molar refractivity (Wildman–Crippen MR) is 85.4 cm³/mol. The lowest BCUT2D eigenvalue weighted by Crippen LogP contribution is -2.41. The van der Waals surface area contributed by atoms with Crippen LogP contribution in [0.3, 0.4) is 0 Å². The topological polar surface area (TPSA) is 67.6 Å². The molecule has 1 fully saturated rings. The maximum absolute atomic E-state index is 12.1. The number of nitrogens with two attached hydrogens (primary N) is 1. The molecule has 1 saturated heterocycles. The minimum Gasteiger partial charge on any atom is -0.397 e. The molecule has 0 unspecified atom stereocenters. The van der Waals surface area contributed by atoms with Crippen LogP contribution < -0.4 is 11.1 Å². The minimum absolute atomic E-state index is 0.0351. The molecule has 116 valence electrons. The molecule has 1 heterocycles. The van der Waals surface area contributed by atoms with Gasteiger partial charge < -0.3 is 15.8 Å². The van der Waals surface area contributed by atoms with Crippen molar-refractivity contribution in [3.05, 3.63) is 23.8 Å². The molecule has 2 rings (SSSR count). The molecule has 3 N–H and O–H groups in total. The Morgan fingerprint density at radius 2 is 2.00 bits per heavy atom. The van der Waals surface area contributed by atoms with E-state index in [1.165, 1.54) is 0 Å². The maximum Gasteiger partial charge on any atom is 0.238 e. The number of amides is 1. The summed E-state index contributed by atoms with van der Waals surface area (Å²) in [5.74, 6) is -0.0351. The second-order valence-corrected chi connectivity index (χ2v) is 6.49. The molecule has 0 atom stereocenters. The Labute approximate surface area is 126 Å². The third-order valence-corrected chi connectivity index (χ3v) is 3.66. The molecule has 1 amide bonds. The largest absolute Gasteiger partial charge is 0.397 e. The summed E-state index contributed by atoms with van der Waals surface area (Å²) in [6.07, 6.45) is 0. The van der Waals surface area contributed by atoms with Gasteiger partial charge in [0.05, 0.1) is 31.1 Å². The molecular weight excluding hydrogens is 266 g/mol. The van der Waals surface area contributed by atoms with Crippen molar-refractivity contribution in [2.45, 2.75) is 26.2 Å². The van der Waals surface area contributed by atoms with E-state index < -0.39 is 0 Å². The van der Waals surface area contributed by atoms with Crippen molar-refractivity contribution in [3.63, 3.8) is 0 Å². The summed E-state index contributed by atoms with van der Waals surface area (Å²) in [4.78, 5) is 14.1. The van der Waals surface area contributed by atoms with Gasteiger partial charge in [-0.25, -0.2) is 0 Å². The Hall–Kier alpha value is -1.59. The van der Waals surface area contributed by atoms with E-state index in [4.69, 9.17) is 10.5 Å². The highest BCUT2D eigenvalue weighted by molar-refractivity contribution is 5.95. The lowest BCUT2D eigenvalue weighted by molar-refractivity contribution is -0.118. The standard InChI is InChI=1S/C16H25N3O2/c1-16(2,3)12-4-5-14(13(17)10-12)18-15(20)11-19-6-8-21-9-7-19/h4-5,10H,6-9,11,17H2,1-3H3,(H,18,20). The number of carbonyl (C=O) groups is 1. The van der Waals surface area contributed by atoms with Crippen LogP contribution in [0, 0.1) is 0 Å². The monoisotopic (exact) mass is 291 g/mol. The van der Waals surface area contributed by atoms with Gasteiger partial charge in [-0.3, -0.25) is 9.69 Å². The summed E-state index contributed by atoms with van der Waals surface area (Å²) in [6.45, 7) is 9.77. The van der Waals surface area contributed by atoms with Crippen molar-refractivity contribution in [1.29, 1.82) is 0 Å². The Kier molecular flexibility index (Phi) is 4.85. The smallest absolute Gasteiger partial charge is 0.238 e. The number of hydrogen-bond donors (Lipinski definition) is 2. The highest BCUT2D eigenvalue weighted by Crippen LogP contribution is 2.28. The number of nitrogen functional groups attached to an aromatic ring is 1. The van der Waals surface area contributed by atoms with E-state index in [1.54, 1.807) is 0 Å². The van der Waals surface area contributed by atoms with Gasteiger partial charge in [0, 0.05) is 13.1 Å². The number of ether oxygens (including phenoxy) is 1. The van der Waals surface area contributed by atoms with Gasteiger partial charge in [-0.15, -0.1) is 0 Å². The fourth-order valence-corrected chi connectivity index (χ4v) is 2.30. The SMILES string of the molecule is CC(C)(C)c1ccc(NC(=O)CN2CCOCC2)c(N)c1. The van der Waals surface area contributed by atoms with Gasteiger partial charge in [-0.2, -0.15) is 0 Å². The van der Waals surface area contributed by atoms with E-state index >= 15 is 0 Å². The molecule has 5 heteroatoms. The van der Waals surface area contributed by atoms with Gasteiger partial charge in [-0.1, -0.05) is 26.8 Å². The average molecular weight is 291 g/mol. The number of rotatable bonds is 3. The van der Waals surface area contributed by atoms with Crippen LogP contribution >= 0.6 is 0 Å². The van der Waals surface area contributed by atoms with E-state index in [-0.39, 0.29) is 11.3 Å². The average Bonchev–Trinajstić information content (AvgIpc) is 2.41. The molecule has 0 radical (unpaired) electrons. The number of hydrogen-bond acceptors (Lipinski definition) is 4. The van der Waals surface area contributed by atoms with Crippen LogP contribution in [0.1, 0.15) is 26.3 Å². The fourth-order valence-electron chi connectivity index (χ4n) is 2.30. The third-order valence-electron chi connectivity index (χ3n) is 3.66. The summed E-state index contributed by atoms with van der Waals surface area (Å²) in [7, 11) is 0. The van der Waals surface area contributed by atoms with E-state index in [0.29, 0.717) is 31.1 Å². The number of nitrogens with one attached hydrogen (secondary N) is 1. The summed E-state index contributed by atoms with van der Waals surface area (Å²) < 4.78 is 5.27. The summed E-state index contributed by atoms with van der Waals surface area (Å²) in [5, 5.41) is 2.89. The van der Waals surface area contributed by atoms with Gasteiger partial charge >= 0.3 is 0 Å². The first-order valence-corrected chi connectivity index (χ1v) is 7.36. The van der Waals surface area contributed by atoms with Crippen LogP contribution in [0.4, 0.5) is 11.4 Å². The van der Waals surface area contributed by atoms with Crippen LogP contribution in [0.25, 0.3) is 0 Å². The quantitative estimate of drug-likeness (QED) is 0.834. The molecule has 0 bridgehead atoms. The molecular formula is C16H25N3O2. The Balaban J connectivity index is 1.97. The van der Waals surface area contributed by atoms with E-state index in [0.717, 1.165) is 18.7 Å². The predicted octanol–water partition coefficient (Wildman–Crippen LogP) is 1.84. The number of benzene rings is 1. The third kappa shape index (κ3) is 4.44. The second-order valence-electron chi connectivity index (χ2n) is 6.49. The van der Waals surface area contributed by atoms with Gasteiger partial charge in [0.15, 0.2) is 0 Å². The summed E-state index contributed by atoms with van der Waals surface area (Å²) in [6, 6.07) is 5.83. The second kappa shape index (κ2) is 6.45. The zero-order valence-corrected chi connectivity index (χ0v) is 13.1. The van der Waals surface area contributed by atoms with Crippen molar-refractivity contribution < 1.29 is 9.53 Å². The number of nitrogens with zero attached hydrogens (tertiary/aromatic N) is 1. The summed E-state index contributed by atoms with van der Waals surface area (Å²) >= 11 is 0. The zero-order valence-electron chi connectivity index (χ0n) is 13.1. The lowest BCUT2D eigenvalue weighted by Gasteiger charge is -2.26. The van der Waals surface area contributed by atoms with Crippen LogP contribution in [0.15, 0.2) is 18.2 Å². The highest BCUT2D eigenvalue weighted by Gasteiger charge is 2.17. The van der Waals surface area contributed by atoms with Gasteiger partial charge in [0.25, 0.3) is 0 Å². The molecule has 0 saturated carbocycles. The van der Waals surface area contributed by atoms with Crippen LogP contribution in [0.5, 0.6) is 0 Å². The van der Waals surface area contributed by atoms with Crippen LogP contribution in [-0.2, 0) is 14.9 Å². The zero-order chi connectivity index (χ0) is 15.5. The van der Waals surface area contributed by atoms with Crippen molar-refractivity contribution >= 4 is 17.3 Å². The van der Waals surface area contributed by atoms with E-state index in [2.05, 4.69) is 31.0 Å². The van der Waals surface area contributed by atoms with Gasteiger partial charge in [0.2, 0.25) is 5.91 Å². The van der Waals surface area contributed by atoms with Crippen molar-refractivity contribution in [2.24, 2.45) is 0 Å². The molecule has 1 aliphatic heterocycles. The van der Waals surface area contributed by atoms with E-state index in [1.807, 2.05) is 18.2 Å². The molecule has 5 nitrogen and oxygen atoms in total. The van der Waals surface area contributed by atoms with E-state index in [9.17, 15) is 4.79 Å². The normalized spacial score (nSPS) is 16.7. The molecule has 21 heavy (non-hydrogen) atoms. The molecule has 0 aliphatic carbocycles. The first-order valence-electron chi connectivity index (χ1n) is 7.36. The molecule has 0 spiro atoms. The van der Waals surface area contributed by atoms with Crippen LogP contribution in [0.2, 0.25) is 0 Å². The molecule has 1 aromatic rings.